The number of nitrogens with one attached hydrogen (secondary N) is 2. The average Bonchev–Trinajstić information content (AvgIpc) is 3.51. The van der Waals surface area contributed by atoms with E-state index in [-0.39, 0.29) is 23.3 Å². The highest BCUT2D eigenvalue weighted by Gasteiger charge is 2.30. The number of carbonyl (C=O) groups is 2. The fourth-order valence-corrected chi connectivity index (χ4v) is 3.86. The minimum atomic E-state index is -0.734. The highest BCUT2D eigenvalue weighted by atomic mass is 16.5. The molecule has 0 atom stereocenters. The van der Waals surface area contributed by atoms with Crippen molar-refractivity contribution in [3.05, 3.63) is 42.4 Å². The molecular formula is C23H25N7O3. The summed E-state index contributed by atoms with van der Waals surface area (Å²) in [5.41, 5.74) is 8.20. The lowest BCUT2D eigenvalue weighted by molar-refractivity contribution is -0.117. The van der Waals surface area contributed by atoms with Gasteiger partial charge in [0.2, 0.25) is 5.91 Å². The highest BCUT2D eigenvalue weighted by molar-refractivity contribution is 5.99. The van der Waals surface area contributed by atoms with Gasteiger partial charge in [0.1, 0.15) is 5.75 Å². The summed E-state index contributed by atoms with van der Waals surface area (Å²) in [6.45, 7) is 0. The summed E-state index contributed by atoms with van der Waals surface area (Å²) < 4.78 is 7.73. The van der Waals surface area contributed by atoms with Crippen LogP contribution in [-0.4, -0.2) is 38.9 Å². The minimum Gasteiger partial charge on any atom is -0.494 e. The summed E-state index contributed by atoms with van der Waals surface area (Å²) in [6, 6.07) is 7.67. The van der Waals surface area contributed by atoms with Crippen molar-refractivity contribution in [3.63, 3.8) is 0 Å². The van der Waals surface area contributed by atoms with E-state index in [4.69, 9.17) is 10.5 Å². The number of rotatable bonds is 8. The van der Waals surface area contributed by atoms with Gasteiger partial charge >= 0.3 is 0 Å². The van der Waals surface area contributed by atoms with Crippen molar-refractivity contribution in [2.45, 2.75) is 38.1 Å². The van der Waals surface area contributed by atoms with Gasteiger partial charge in [0.15, 0.2) is 11.5 Å². The van der Waals surface area contributed by atoms with Crippen LogP contribution in [0.1, 0.15) is 48.6 Å². The Morgan fingerprint density at radius 3 is 2.64 bits per heavy atom. The lowest BCUT2D eigenvalue weighted by Gasteiger charge is -2.25. The second-order valence-electron chi connectivity index (χ2n) is 8.42. The predicted octanol–water partition coefficient (Wildman–Crippen LogP) is 3.26. The zero-order valence-corrected chi connectivity index (χ0v) is 18.2. The molecule has 2 heterocycles. The molecule has 10 heteroatoms. The van der Waals surface area contributed by atoms with Crippen LogP contribution >= 0.6 is 0 Å². The van der Waals surface area contributed by atoms with Gasteiger partial charge in [-0.1, -0.05) is 12.1 Å². The number of nitrogens with zero attached hydrogens (tertiary/aromatic N) is 4. The molecule has 0 spiro atoms. The van der Waals surface area contributed by atoms with Crippen molar-refractivity contribution in [2.75, 3.05) is 17.7 Å². The van der Waals surface area contributed by atoms with E-state index < -0.39 is 5.91 Å². The molecule has 0 aliphatic heterocycles. The molecule has 3 aromatic rings. The van der Waals surface area contributed by atoms with Gasteiger partial charge in [-0.3, -0.25) is 14.3 Å². The van der Waals surface area contributed by atoms with Crippen molar-refractivity contribution in [3.8, 4) is 16.9 Å². The lowest BCUT2D eigenvalue weighted by atomic mass is 9.93. The molecule has 2 fully saturated rings. The van der Waals surface area contributed by atoms with E-state index >= 15 is 0 Å². The van der Waals surface area contributed by atoms with Gasteiger partial charge in [-0.2, -0.15) is 5.10 Å². The number of amides is 2. The first kappa shape index (κ1) is 20.9. The summed E-state index contributed by atoms with van der Waals surface area (Å²) in [4.78, 5) is 24.1. The Balaban J connectivity index is 1.47. The van der Waals surface area contributed by atoms with Gasteiger partial charge in [0, 0.05) is 29.3 Å². The molecule has 2 aliphatic carbocycles. The molecule has 10 nitrogen and oxygen atoms in total. The standard InChI is InChI=1S/C23H25N7O3/c1-33-21-16(14-11-25-30(12-14)15-4-2-5-15)6-3-7-17(21)26-18-10-19(27-23(32)13-8-9-13)28-29-20(18)22(24)31/h3,6-7,10-13,15H,2,4-5,8-9H2,1H3,(H2,24,31)(H2,26,27,28,32). The predicted molar refractivity (Wildman–Crippen MR) is 122 cm³/mol. The van der Waals surface area contributed by atoms with E-state index in [1.807, 2.05) is 35.3 Å². The molecule has 0 bridgehead atoms. The highest BCUT2D eigenvalue weighted by Crippen LogP contribution is 2.39. The van der Waals surface area contributed by atoms with Crippen LogP contribution in [0.5, 0.6) is 5.75 Å². The number of methoxy groups -OCH3 is 1. The summed E-state index contributed by atoms with van der Waals surface area (Å²) in [5.74, 6) is 0.00139. The first-order chi connectivity index (χ1) is 16.0. The number of aromatic nitrogens is 4. The van der Waals surface area contributed by atoms with Crippen molar-refractivity contribution in [1.29, 1.82) is 0 Å². The maximum Gasteiger partial charge on any atom is 0.271 e. The number of benzene rings is 1. The summed E-state index contributed by atoms with van der Waals surface area (Å²) in [5, 5.41) is 18.3. The fraction of sp³-hybridized carbons (Fsp3) is 0.348. The minimum absolute atomic E-state index is 0.0108. The number of anilines is 3. The quantitative estimate of drug-likeness (QED) is 0.482. The number of para-hydroxylation sites is 1. The van der Waals surface area contributed by atoms with Gasteiger partial charge in [0.25, 0.3) is 5.91 Å². The van der Waals surface area contributed by atoms with E-state index in [9.17, 15) is 9.59 Å². The Labute approximate surface area is 190 Å². The number of primary amides is 1. The number of hydrogen-bond donors (Lipinski definition) is 3. The summed E-state index contributed by atoms with van der Waals surface area (Å²) in [7, 11) is 1.58. The van der Waals surface area contributed by atoms with E-state index in [2.05, 4.69) is 25.9 Å². The molecule has 170 valence electrons. The van der Waals surface area contributed by atoms with Gasteiger partial charge in [-0.25, -0.2) is 0 Å². The van der Waals surface area contributed by atoms with Crippen molar-refractivity contribution in [1.82, 2.24) is 20.0 Å². The fourth-order valence-electron chi connectivity index (χ4n) is 3.86. The van der Waals surface area contributed by atoms with Crippen LogP contribution in [0.2, 0.25) is 0 Å². The molecule has 33 heavy (non-hydrogen) atoms. The summed E-state index contributed by atoms with van der Waals surface area (Å²) in [6.07, 6.45) is 9.10. The molecule has 0 saturated heterocycles. The molecular weight excluding hydrogens is 422 g/mol. The second kappa shape index (κ2) is 8.53. The van der Waals surface area contributed by atoms with Gasteiger partial charge in [-0.05, 0) is 38.2 Å². The van der Waals surface area contributed by atoms with Gasteiger partial charge in [-0.15, -0.1) is 10.2 Å². The maximum atomic E-state index is 12.1. The zero-order valence-electron chi connectivity index (χ0n) is 18.2. The van der Waals surface area contributed by atoms with Crippen molar-refractivity contribution in [2.24, 2.45) is 11.7 Å². The smallest absolute Gasteiger partial charge is 0.271 e. The first-order valence-corrected chi connectivity index (χ1v) is 11.0. The third-order valence-electron chi connectivity index (χ3n) is 6.08. The molecule has 0 unspecified atom stereocenters. The Kier molecular flexibility index (Phi) is 5.41. The lowest BCUT2D eigenvalue weighted by Crippen LogP contribution is -2.19. The molecule has 5 rings (SSSR count). The van der Waals surface area contributed by atoms with Gasteiger partial charge < -0.3 is 21.1 Å². The van der Waals surface area contributed by atoms with E-state index in [1.165, 1.54) is 6.42 Å². The largest absolute Gasteiger partial charge is 0.494 e. The summed E-state index contributed by atoms with van der Waals surface area (Å²) >= 11 is 0. The topological polar surface area (TPSA) is 137 Å². The number of ether oxygens (including phenoxy) is 1. The van der Waals surface area contributed by atoms with Gasteiger partial charge in [0.05, 0.1) is 30.7 Å². The van der Waals surface area contributed by atoms with E-state index in [0.717, 1.165) is 36.8 Å². The van der Waals surface area contributed by atoms with Crippen LogP contribution in [0.25, 0.3) is 11.1 Å². The molecule has 1 aromatic carbocycles. The third-order valence-corrected chi connectivity index (χ3v) is 6.08. The van der Waals surface area contributed by atoms with Crippen molar-refractivity contribution < 1.29 is 14.3 Å². The Morgan fingerprint density at radius 2 is 1.97 bits per heavy atom. The van der Waals surface area contributed by atoms with Crippen LogP contribution in [0.4, 0.5) is 17.2 Å². The van der Waals surface area contributed by atoms with Crippen LogP contribution in [0.3, 0.4) is 0 Å². The maximum absolute atomic E-state index is 12.1. The SMILES string of the molecule is COc1c(Nc2cc(NC(=O)C3CC3)nnc2C(N)=O)cccc1-c1cnn(C2CCC2)c1. The van der Waals surface area contributed by atoms with Crippen LogP contribution in [0.15, 0.2) is 36.7 Å². The molecule has 2 aliphatic rings. The Morgan fingerprint density at radius 1 is 1.15 bits per heavy atom. The molecule has 4 N–H and O–H groups in total. The molecule has 0 radical (unpaired) electrons. The number of hydrogen-bond acceptors (Lipinski definition) is 7. The number of carbonyl (C=O) groups excluding carboxylic acids is 2. The second-order valence-corrected chi connectivity index (χ2v) is 8.42. The molecule has 2 amide bonds. The third kappa shape index (κ3) is 4.23. The monoisotopic (exact) mass is 447 g/mol. The van der Waals surface area contributed by atoms with Crippen LogP contribution in [0, 0.1) is 5.92 Å². The normalized spacial score (nSPS) is 15.5. The first-order valence-electron chi connectivity index (χ1n) is 11.0. The van der Waals surface area contributed by atoms with E-state index in [1.54, 1.807) is 13.2 Å². The molecule has 2 saturated carbocycles. The van der Waals surface area contributed by atoms with E-state index in [0.29, 0.717) is 23.2 Å². The van der Waals surface area contributed by atoms with Crippen LogP contribution < -0.4 is 21.1 Å². The zero-order chi connectivity index (χ0) is 22.9. The average molecular weight is 447 g/mol. The number of nitrogens with two attached hydrogens (primary N) is 1. The Bertz CT molecular complexity index is 1210. The Hall–Kier alpha value is -3.95. The van der Waals surface area contributed by atoms with Crippen LogP contribution in [-0.2, 0) is 4.79 Å². The van der Waals surface area contributed by atoms with Crippen molar-refractivity contribution >= 4 is 29.0 Å². The molecule has 2 aromatic heterocycles.